The number of rotatable bonds is 5. The van der Waals surface area contributed by atoms with Gasteiger partial charge in [-0.15, -0.1) is 24.0 Å². The van der Waals surface area contributed by atoms with Crippen LogP contribution in [0.2, 0.25) is 0 Å². The summed E-state index contributed by atoms with van der Waals surface area (Å²) < 4.78 is 18.6. The van der Waals surface area contributed by atoms with E-state index in [2.05, 4.69) is 20.9 Å². The molecule has 1 amide bonds. The number of hydrogen-bond donors (Lipinski definition) is 3. The SMILES string of the molecule is CN=C(NCCNC(=O)OC(C)(C)C)NCc1ccc(C)c(F)c1.I. The Kier molecular flexibility index (Phi) is 10.4. The number of aliphatic imine (C=N–C) groups is 1. The molecule has 0 aliphatic carbocycles. The molecule has 0 saturated carbocycles. The highest BCUT2D eigenvalue weighted by Crippen LogP contribution is 2.08. The Morgan fingerprint density at radius 1 is 1.20 bits per heavy atom. The van der Waals surface area contributed by atoms with E-state index in [1.165, 1.54) is 6.07 Å². The molecule has 0 aromatic heterocycles. The van der Waals surface area contributed by atoms with Crippen molar-refractivity contribution in [1.82, 2.24) is 16.0 Å². The molecule has 1 aromatic carbocycles. The molecule has 0 fully saturated rings. The fourth-order valence-electron chi connectivity index (χ4n) is 1.81. The third kappa shape index (κ3) is 10.1. The summed E-state index contributed by atoms with van der Waals surface area (Å²) in [7, 11) is 1.65. The summed E-state index contributed by atoms with van der Waals surface area (Å²) in [6.07, 6.45) is -0.456. The average Bonchev–Trinajstić information content (AvgIpc) is 2.48. The lowest BCUT2D eigenvalue weighted by atomic mass is 10.1. The van der Waals surface area contributed by atoms with Crippen molar-refractivity contribution >= 4 is 36.0 Å². The summed E-state index contributed by atoms with van der Waals surface area (Å²) in [5.41, 5.74) is 0.931. The first kappa shape index (κ1) is 23.4. The van der Waals surface area contributed by atoms with Gasteiger partial charge in [-0.1, -0.05) is 12.1 Å². The minimum Gasteiger partial charge on any atom is -0.444 e. The van der Waals surface area contributed by atoms with Gasteiger partial charge in [0.05, 0.1) is 0 Å². The quantitative estimate of drug-likeness (QED) is 0.270. The Hall–Kier alpha value is -1.58. The van der Waals surface area contributed by atoms with Crippen LogP contribution in [0.3, 0.4) is 0 Å². The monoisotopic (exact) mass is 466 g/mol. The van der Waals surface area contributed by atoms with Gasteiger partial charge in [0.2, 0.25) is 0 Å². The fraction of sp³-hybridized carbons (Fsp3) is 0.529. The van der Waals surface area contributed by atoms with Gasteiger partial charge in [-0.25, -0.2) is 9.18 Å². The zero-order valence-corrected chi connectivity index (χ0v) is 17.7. The van der Waals surface area contributed by atoms with E-state index in [0.717, 1.165) is 5.56 Å². The third-order valence-corrected chi connectivity index (χ3v) is 3.01. The van der Waals surface area contributed by atoms with Gasteiger partial charge in [0.1, 0.15) is 11.4 Å². The maximum absolute atomic E-state index is 13.5. The molecular weight excluding hydrogens is 438 g/mol. The maximum Gasteiger partial charge on any atom is 0.407 e. The molecule has 0 aliphatic heterocycles. The first-order chi connectivity index (χ1) is 11.2. The molecule has 8 heteroatoms. The minimum atomic E-state index is -0.515. The van der Waals surface area contributed by atoms with Crippen LogP contribution in [0.5, 0.6) is 0 Å². The van der Waals surface area contributed by atoms with Gasteiger partial charge >= 0.3 is 6.09 Å². The van der Waals surface area contributed by atoms with Crippen molar-refractivity contribution < 1.29 is 13.9 Å². The molecule has 0 atom stereocenters. The normalized spacial score (nSPS) is 11.4. The van der Waals surface area contributed by atoms with Crippen LogP contribution >= 0.6 is 24.0 Å². The molecule has 1 rings (SSSR count). The number of carbonyl (C=O) groups is 1. The smallest absolute Gasteiger partial charge is 0.407 e. The molecule has 0 bridgehead atoms. The van der Waals surface area contributed by atoms with Crippen LogP contribution < -0.4 is 16.0 Å². The number of alkyl carbamates (subject to hydrolysis) is 1. The summed E-state index contributed by atoms with van der Waals surface area (Å²) in [5.74, 6) is 0.348. The molecule has 142 valence electrons. The highest BCUT2D eigenvalue weighted by molar-refractivity contribution is 14.0. The Bertz CT molecular complexity index is 589. The van der Waals surface area contributed by atoms with Gasteiger partial charge in [-0.3, -0.25) is 4.99 Å². The van der Waals surface area contributed by atoms with Crippen LogP contribution in [0.4, 0.5) is 9.18 Å². The molecule has 6 nitrogen and oxygen atoms in total. The molecule has 0 saturated heterocycles. The van der Waals surface area contributed by atoms with Gasteiger partial charge in [-0.2, -0.15) is 0 Å². The van der Waals surface area contributed by atoms with Crippen molar-refractivity contribution in [2.75, 3.05) is 20.1 Å². The lowest BCUT2D eigenvalue weighted by molar-refractivity contribution is 0.0529. The summed E-state index contributed by atoms with van der Waals surface area (Å²) in [6, 6.07) is 5.11. The van der Waals surface area contributed by atoms with Crippen molar-refractivity contribution in [3.05, 3.63) is 35.1 Å². The van der Waals surface area contributed by atoms with Crippen molar-refractivity contribution in [2.24, 2.45) is 4.99 Å². The van der Waals surface area contributed by atoms with Crippen LogP contribution in [-0.2, 0) is 11.3 Å². The van der Waals surface area contributed by atoms with E-state index in [4.69, 9.17) is 4.74 Å². The van der Waals surface area contributed by atoms with Gasteiger partial charge in [0.25, 0.3) is 0 Å². The van der Waals surface area contributed by atoms with Crippen LogP contribution in [0, 0.1) is 12.7 Å². The highest BCUT2D eigenvalue weighted by atomic mass is 127. The molecule has 3 N–H and O–H groups in total. The molecule has 25 heavy (non-hydrogen) atoms. The Morgan fingerprint density at radius 2 is 1.84 bits per heavy atom. The lowest BCUT2D eigenvalue weighted by Crippen LogP contribution is -2.42. The van der Waals surface area contributed by atoms with E-state index < -0.39 is 11.7 Å². The number of carbonyl (C=O) groups excluding carboxylic acids is 1. The topological polar surface area (TPSA) is 74.8 Å². The second-order valence-corrected chi connectivity index (χ2v) is 6.36. The third-order valence-electron chi connectivity index (χ3n) is 3.01. The molecular formula is C17H28FIN4O2. The Labute approximate surface area is 166 Å². The number of halogens is 2. The van der Waals surface area contributed by atoms with Crippen LogP contribution in [0.1, 0.15) is 31.9 Å². The molecule has 0 heterocycles. The zero-order chi connectivity index (χ0) is 18.2. The number of aryl methyl sites for hydroxylation is 1. The van der Waals surface area contributed by atoms with Crippen LogP contribution in [0.25, 0.3) is 0 Å². The summed E-state index contributed by atoms with van der Waals surface area (Å²) >= 11 is 0. The largest absolute Gasteiger partial charge is 0.444 e. The lowest BCUT2D eigenvalue weighted by Gasteiger charge is -2.20. The maximum atomic E-state index is 13.5. The van der Waals surface area contributed by atoms with Gasteiger partial charge in [0, 0.05) is 26.7 Å². The van der Waals surface area contributed by atoms with Crippen LogP contribution in [0.15, 0.2) is 23.2 Å². The van der Waals surface area contributed by atoms with E-state index in [9.17, 15) is 9.18 Å². The molecule has 0 aliphatic rings. The van der Waals surface area contributed by atoms with Crippen molar-refractivity contribution in [3.63, 3.8) is 0 Å². The van der Waals surface area contributed by atoms with Gasteiger partial charge in [0.15, 0.2) is 5.96 Å². The minimum absolute atomic E-state index is 0. The fourth-order valence-corrected chi connectivity index (χ4v) is 1.81. The number of amides is 1. The molecule has 0 radical (unpaired) electrons. The van der Waals surface area contributed by atoms with Crippen molar-refractivity contribution in [2.45, 2.75) is 39.8 Å². The summed E-state index contributed by atoms with van der Waals surface area (Å²) in [4.78, 5) is 15.6. The Balaban J connectivity index is 0.00000576. The molecule has 0 spiro atoms. The average molecular weight is 466 g/mol. The van der Waals surface area contributed by atoms with Crippen LogP contribution in [-0.4, -0.2) is 37.8 Å². The standard InChI is InChI=1S/C17H27FN4O2.HI/c1-12-6-7-13(10-14(12)18)11-22-15(19-5)20-8-9-21-16(23)24-17(2,3)4;/h6-7,10H,8-9,11H2,1-5H3,(H,21,23)(H2,19,20,22);1H. The second kappa shape index (κ2) is 11.1. The number of benzene rings is 1. The van der Waals surface area contributed by atoms with E-state index in [1.54, 1.807) is 20.0 Å². The number of guanidine groups is 1. The number of nitrogens with zero attached hydrogens (tertiary/aromatic N) is 1. The number of nitrogens with one attached hydrogen (secondary N) is 3. The zero-order valence-electron chi connectivity index (χ0n) is 15.4. The first-order valence-corrected chi connectivity index (χ1v) is 7.87. The Morgan fingerprint density at radius 3 is 2.40 bits per heavy atom. The molecule has 1 aromatic rings. The van der Waals surface area contributed by atoms with Gasteiger partial charge in [-0.05, 0) is 44.9 Å². The first-order valence-electron chi connectivity index (χ1n) is 7.87. The predicted octanol–water partition coefficient (Wildman–Crippen LogP) is 2.94. The molecule has 0 unspecified atom stereocenters. The van der Waals surface area contributed by atoms with E-state index in [0.29, 0.717) is 31.2 Å². The summed E-state index contributed by atoms with van der Waals surface area (Å²) in [5, 5.41) is 8.80. The highest BCUT2D eigenvalue weighted by Gasteiger charge is 2.15. The van der Waals surface area contributed by atoms with E-state index in [-0.39, 0.29) is 29.8 Å². The van der Waals surface area contributed by atoms with E-state index >= 15 is 0 Å². The second-order valence-electron chi connectivity index (χ2n) is 6.36. The van der Waals surface area contributed by atoms with E-state index in [1.807, 2.05) is 26.8 Å². The predicted molar refractivity (Wildman–Crippen MR) is 109 cm³/mol. The van der Waals surface area contributed by atoms with Gasteiger partial charge < -0.3 is 20.7 Å². The number of hydrogen-bond acceptors (Lipinski definition) is 3. The number of ether oxygens (including phenoxy) is 1. The van der Waals surface area contributed by atoms with Crippen molar-refractivity contribution in [1.29, 1.82) is 0 Å². The summed E-state index contributed by atoms with van der Waals surface area (Å²) in [6.45, 7) is 8.50. The van der Waals surface area contributed by atoms with Crippen molar-refractivity contribution in [3.8, 4) is 0 Å².